The van der Waals surface area contributed by atoms with E-state index in [9.17, 15) is 14.7 Å². The second-order valence-corrected chi connectivity index (χ2v) is 8.74. The van der Waals surface area contributed by atoms with Gasteiger partial charge in [-0.15, -0.1) is 0 Å². The van der Waals surface area contributed by atoms with Crippen LogP contribution in [-0.2, 0) is 11.3 Å². The molecule has 1 aliphatic carbocycles. The molecule has 0 radical (unpaired) electrons. The molecule has 1 aromatic carbocycles. The van der Waals surface area contributed by atoms with Gasteiger partial charge in [0.2, 0.25) is 5.91 Å². The standard InChI is InChI=1S/C21H26ClN3O3/c22-16-5-6-17-18(12-16)23-14-25(20(17)27)13-21(28)7-9-24(10-8-21)19(26)11-15-3-1-2-4-15/h5-6,12,14-15,28H,1-4,7-11,13H2. The van der Waals surface area contributed by atoms with Gasteiger partial charge in [0, 0.05) is 24.5 Å². The van der Waals surface area contributed by atoms with Crippen LogP contribution in [0.2, 0.25) is 5.02 Å². The minimum atomic E-state index is -1.00. The van der Waals surface area contributed by atoms with Gasteiger partial charge in [-0.05, 0) is 49.8 Å². The van der Waals surface area contributed by atoms with Crippen LogP contribution in [0.4, 0.5) is 0 Å². The van der Waals surface area contributed by atoms with E-state index in [1.807, 2.05) is 4.90 Å². The summed E-state index contributed by atoms with van der Waals surface area (Å²) in [5.41, 5.74) is -0.640. The third kappa shape index (κ3) is 4.08. The third-order valence-corrected chi connectivity index (χ3v) is 6.47. The second kappa shape index (κ2) is 7.84. The molecule has 1 amide bonds. The number of hydrogen-bond donors (Lipinski definition) is 1. The lowest BCUT2D eigenvalue weighted by Crippen LogP contribution is -2.49. The zero-order chi connectivity index (χ0) is 19.7. The molecule has 0 atom stereocenters. The number of fused-ring (bicyclic) bond motifs is 1. The first kappa shape index (κ1) is 19.4. The molecule has 4 rings (SSSR count). The van der Waals surface area contributed by atoms with Crippen LogP contribution in [0, 0.1) is 5.92 Å². The Kier molecular flexibility index (Phi) is 5.43. The van der Waals surface area contributed by atoms with E-state index in [1.54, 1.807) is 18.2 Å². The molecule has 1 aromatic heterocycles. The Morgan fingerprint density at radius 2 is 1.96 bits per heavy atom. The van der Waals surface area contributed by atoms with Gasteiger partial charge in [0.05, 0.1) is 29.4 Å². The molecule has 0 bridgehead atoms. The fraction of sp³-hybridized carbons (Fsp3) is 0.571. The predicted octanol–water partition coefficient (Wildman–Crippen LogP) is 2.98. The average molecular weight is 404 g/mol. The molecule has 7 heteroatoms. The highest BCUT2D eigenvalue weighted by atomic mass is 35.5. The number of carbonyl (C=O) groups excluding carboxylic acids is 1. The molecular formula is C21H26ClN3O3. The van der Waals surface area contributed by atoms with Gasteiger partial charge in [0.1, 0.15) is 0 Å². The second-order valence-electron chi connectivity index (χ2n) is 8.30. The average Bonchev–Trinajstić information content (AvgIpc) is 3.17. The van der Waals surface area contributed by atoms with Gasteiger partial charge in [-0.3, -0.25) is 14.2 Å². The highest BCUT2D eigenvalue weighted by molar-refractivity contribution is 6.31. The molecule has 150 valence electrons. The Hall–Kier alpha value is -1.92. The lowest BCUT2D eigenvalue weighted by atomic mass is 9.90. The maximum atomic E-state index is 12.7. The van der Waals surface area contributed by atoms with Crippen molar-refractivity contribution >= 4 is 28.4 Å². The summed E-state index contributed by atoms with van der Waals surface area (Å²) in [6.45, 7) is 1.25. The molecule has 2 fully saturated rings. The molecule has 1 aliphatic heterocycles. The molecule has 1 N–H and O–H groups in total. The highest BCUT2D eigenvalue weighted by Crippen LogP contribution is 2.30. The Balaban J connectivity index is 1.41. The zero-order valence-electron chi connectivity index (χ0n) is 15.9. The van der Waals surface area contributed by atoms with Crippen LogP contribution < -0.4 is 5.56 Å². The third-order valence-electron chi connectivity index (χ3n) is 6.24. The number of piperidine rings is 1. The Bertz CT molecular complexity index is 928. The van der Waals surface area contributed by atoms with Crippen LogP contribution >= 0.6 is 11.6 Å². The molecule has 28 heavy (non-hydrogen) atoms. The number of rotatable bonds is 4. The topological polar surface area (TPSA) is 75.4 Å². The van der Waals surface area contributed by atoms with Crippen molar-refractivity contribution in [2.45, 2.75) is 57.1 Å². The van der Waals surface area contributed by atoms with Crippen molar-refractivity contribution in [2.24, 2.45) is 5.92 Å². The SMILES string of the molecule is O=C(CC1CCCC1)N1CCC(O)(Cn2cnc3cc(Cl)ccc3c2=O)CC1. The van der Waals surface area contributed by atoms with Crippen LogP contribution in [0.3, 0.4) is 0 Å². The van der Waals surface area contributed by atoms with Gasteiger partial charge in [0.25, 0.3) is 5.56 Å². The molecule has 6 nitrogen and oxygen atoms in total. The monoisotopic (exact) mass is 403 g/mol. The molecule has 0 unspecified atom stereocenters. The summed E-state index contributed by atoms with van der Waals surface area (Å²) >= 11 is 5.96. The van der Waals surface area contributed by atoms with E-state index < -0.39 is 5.60 Å². The highest BCUT2D eigenvalue weighted by Gasteiger charge is 2.35. The first-order valence-corrected chi connectivity index (χ1v) is 10.5. The molecular weight excluding hydrogens is 378 g/mol. The zero-order valence-corrected chi connectivity index (χ0v) is 16.7. The summed E-state index contributed by atoms with van der Waals surface area (Å²) in [6.07, 6.45) is 7.82. The summed E-state index contributed by atoms with van der Waals surface area (Å²) < 4.78 is 1.46. The fourth-order valence-corrected chi connectivity index (χ4v) is 4.65. The summed E-state index contributed by atoms with van der Waals surface area (Å²) in [5.74, 6) is 0.736. The van der Waals surface area contributed by atoms with Gasteiger partial charge in [0.15, 0.2) is 0 Å². The Morgan fingerprint density at radius 1 is 1.25 bits per heavy atom. The summed E-state index contributed by atoms with van der Waals surface area (Å²) in [6, 6.07) is 4.99. The number of amides is 1. The van der Waals surface area contributed by atoms with Crippen molar-refractivity contribution in [1.29, 1.82) is 0 Å². The van der Waals surface area contributed by atoms with Gasteiger partial charge >= 0.3 is 0 Å². The molecule has 2 aromatic rings. The van der Waals surface area contributed by atoms with Crippen molar-refractivity contribution < 1.29 is 9.90 Å². The van der Waals surface area contributed by atoms with Gasteiger partial charge in [-0.1, -0.05) is 24.4 Å². The van der Waals surface area contributed by atoms with Crippen LogP contribution in [0.1, 0.15) is 44.9 Å². The van der Waals surface area contributed by atoms with E-state index in [0.717, 1.165) is 12.8 Å². The quantitative estimate of drug-likeness (QED) is 0.851. The summed E-state index contributed by atoms with van der Waals surface area (Å²) in [7, 11) is 0. The molecule has 1 saturated carbocycles. The smallest absolute Gasteiger partial charge is 0.261 e. The molecule has 2 aliphatic rings. The van der Waals surface area contributed by atoms with E-state index in [1.165, 1.54) is 23.7 Å². The number of hydrogen-bond acceptors (Lipinski definition) is 4. The maximum absolute atomic E-state index is 12.7. The summed E-state index contributed by atoms with van der Waals surface area (Å²) in [5, 5.41) is 12.0. The predicted molar refractivity (Wildman–Crippen MR) is 108 cm³/mol. The van der Waals surface area contributed by atoms with Crippen LogP contribution in [-0.4, -0.2) is 44.2 Å². The van der Waals surface area contributed by atoms with Crippen molar-refractivity contribution in [1.82, 2.24) is 14.5 Å². The first-order valence-electron chi connectivity index (χ1n) is 10.1. The molecule has 1 saturated heterocycles. The van der Waals surface area contributed by atoms with Gasteiger partial charge in [-0.2, -0.15) is 0 Å². The largest absolute Gasteiger partial charge is 0.388 e. The lowest BCUT2D eigenvalue weighted by molar-refractivity contribution is -0.136. The van der Waals surface area contributed by atoms with Crippen molar-refractivity contribution in [3.05, 3.63) is 39.9 Å². The van der Waals surface area contributed by atoms with Crippen molar-refractivity contribution in [2.75, 3.05) is 13.1 Å². The van der Waals surface area contributed by atoms with E-state index in [2.05, 4.69) is 4.98 Å². The Labute approximate surface area is 169 Å². The normalized spacial score (nSPS) is 20.0. The van der Waals surface area contributed by atoms with Crippen molar-refractivity contribution in [3.63, 3.8) is 0 Å². The van der Waals surface area contributed by atoms with Gasteiger partial charge < -0.3 is 10.0 Å². The maximum Gasteiger partial charge on any atom is 0.261 e. The van der Waals surface area contributed by atoms with E-state index in [0.29, 0.717) is 54.2 Å². The number of nitrogens with zero attached hydrogens (tertiary/aromatic N) is 3. The fourth-order valence-electron chi connectivity index (χ4n) is 4.48. The van der Waals surface area contributed by atoms with E-state index in [-0.39, 0.29) is 18.0 Å². The van der Waals surface area contributed by atoms with Crippen LogP contribution in [0.5, 0.6) is 0 Å². The van der Waals surface area contributed by atoms with E-state index in [4.69, 9.17) is 11.6 Å². The van der Waals surface area contributed by atoms with Crippen LogP contribution in [0.15, 0.2) is 29.3 Å². The number of aromatic nitrogens is 2. The lowest BCUT2D eigenvalue weighted by Gasteiger charge is -2.38. The van der Waals surface area contributed by atoms with Crippen LogP contribution in [0.25, 0.3) is 10.9 Å². The number of aliphatic hydroxyl groups is 1. The number of carbonyl (C=O) groups is 1. The number of likely N-dealkylation sites (tertiary alicyclic amines) is 1. The summed E-state index contributed by atoms with van der Waals surface area (Å²) in [4.78, 5) is 31.4. The number of halogens is 1. The number of benzene rings is 1. The minimum Gasteiger partial charge on any atom is -0.388 e. The molecule has 2 heterocycles. The first-order chi connectivity index (χ1) is 13.4. The van der Waals surface area contributed by atoms with Gasteiger partial charge in [-0.25, -0.2) is 4.98 Å². The Morgan fingerprint density at radius 3 is 2.68 bits per heavy atom. The molecule has 0 spiro atoms. The van der Waals surface area contributed by atoms with E-state index >= 15 is 0 Å². The minimum absolute atomic E-state index is 0.183. The van der Waals surface area contributed by atoms with Crippen molar-refractivity contribution in [3.8, 4) is 0 Å².